The molecule has 0 saturated heterocycles. The van der Waals surface area contributed by atoms with Crippen molar-refractivity contribution in [3.63, 3.8) is 0 Å². The topological polar surface area (TPSA) is 67.4 Å². The number of furan rings is 1. The van der Waals surface area contributed by atoms with Crippen LogP contribution < -0.4 is 10.6 Å². The molecular formula is C24H33N5O. The molecule has 6 heteroatoms. The van der Waals surface area contributed by atoms with Crippen molar-refractivity contribution in [3.8, 4) is 0 Å². The van der Waals surface area contributed by atoms with Crippen LogP contribution in [0.5, 0.6) is 0 Å². The number of nitrogens with one attached hydrogen (secondary N) is 2. The van der Waals surface area contributed by atoms with Gasteiger partial charge in [-0.2, -0.15) is 5.10 Å². The predicted octanol–water partition coefficient (Wildman–Crippen LogP) is 4.18. The van der Waals surface area contributed by atoms with E-state index in [9.17, 15) is 0 Å². The monoisotopic (exact) mass is 407 g/mol. The first-order valence-electron chi connectivity index (χ1n) is 10.8. The minimum absolute atomic E-state index is 0.145. The molecule has 0 aliphatic rings. The Morgan fingerprint density at radius 2 is 1.93 bits per heavy atom. The van der Waals surface area contributed by atoms with Crippen LogP contribution in [-0.4, -0.2) is 22.3 Å². The maximum absolute atomic E-state index is 5.45. The molecule has 0 amide bonds. The molecule has 160 valence electrons. The zero-order valence-electron chi connectivity index (χ0n) is 18.5. The van der Waals surface area contributed by atoms with Gasteiger partial charge in [0.1, 0.15) is 5.76 Å². The second-order valence-electron chi connectivity index (χ2n) is 7.40. The van der Waals surface area contributed by atoms with E-state index in [1.807, 2.05) is 29.9 Å². The van der Waals surface area contributed by atoms with Crippen LogP contribution in [0.1, 0.15) is 55.1 Å². The van der Waals surface area contributed by atoms with E-state index in [2.05, 4.69) is 60.8 Å². The molecule has 1 aromatic carbocycles. The molecule has 0 saturated carbocycles. The summed E-state index contributed by atoms with van der Waals surface area (Å²) in [6.45, 7) is 7.82. The van der Waals surface area contributed by atoms with E-state index in [-0.39, 0.29) is 6.04 Å². The number of aryl methyl sites for hydroxylation is 2. The lowest BCUT2D eigenvalue weighted by atomic mass is 10.1. The SMILES string of the molecule is CCc1nn(C)c(CC)c1CN=C(NCCc1ccco1)NC(C)c1ccccc1. The van der Waals surface area contributed by atoms with Gasteiger partial charge in [0.2, 0.25) is 0 Å². The van der Waals surface area contributed by atoms with Crippen LogP contribution in [0.3, 0.4) is 0 Å². The molecule has 2 aromatic heterocycles. The molecule has 0 spiro atoms. The Kier molecular flexibility index (Phi) is 7.71. The van der Waals surface area contributed by atoms with Crippen molar-refractivity contribution in [2.75, 3.05) is 6.54 Å². The molecule has 3 aromatic rings. The highest BCUT2D eigenvalue weighted by Crippen LogP contribution is 2.17. The van der Waals surface area contributed by atoms with E-state index in [0.29, 0.717) is 6.54 Å². The Morgan fingerprint density at radius 3 is 2.60 bits per heavy atom. The van der Waals surface area contributed by atoms with Crippen molar-refractivity contribution in [1.29, 1.82) is 0 Å². The van der Waals surface area contributed by atoms with Crippen molar-refractivity contribution in [3.05, 3.63) is 77.0 Å². The van der Waals surface area contributed by atoms with Crippen LogP contribution in [0.4, 0.5) is 0 Å². The van der Waals surface area contributed by atoms with E-state index >= 15 is 0 Å². The molecule has 0 radical (unpaired) electrons. The molecule has 30 heavy (non-hydrogen) atoms. The van der Waals surface area contributed by atoms with E-state index in [0.717, 1.165) is 43.2 Å². The Morgan fingerprint density at radius 1 is 1.13 bits per heavy atom. The lowest BCUT2D eigenvalue weighted by Crippen LogP contribution is -2.39. The van der Waals surface area contributed by atoms with Gasteiger partial charge in [0.05, 0.1) is 24.5 Å². The van der Waals surface area contributed by atoms with Gasteiger partial charge >= 0.3 is 0 Å². The standard InChI is InChI=1S/C24H33N5O/c1-5-22-21(23(6-2)29(4)28-22)17-26-24(25-15-14-20-13-10-16-30-20)27-18(3)19-11-8-7-9-12-19/h7-13,16,18H,5-6,14-15,17H2,1-4H3,(H2,25,26,27). The van der Waals surface area contributed by atoms with Crippen molar-refractivity contribution in [1.82, 2.24) is 20.4 Å². The Hall–Kier alpha value is -3.02. The van der Waals surface area contributed by atoms with Crippen molar-refractivity contribution >= 4 is 5.96 Å². The van der Waals surface area contributed by atoms with Crippen molar-refractivity contribution < 1.29 is 4.42 Å². The fourth-order valence-corrected chi connectivity index (χ4v) is 3.67. The highest BCUT2D eigenvalue weighted by atomic mass is 16.3. The summed E-state index contributed by atoms with van der Waals surface area (Å²) in [6.07, 6.45) is 4.37. The first-order chi connectivity index (χ1) is 14.6. The third-order valence-electron chi connectivity index (χ3n) is 5.32. The van der Waals surface area contributed by atoms with E-state index < -0.39 is 0 Å². The summed E-state index contributed by atoms with van der Waals surface area (Å²) in [5.74, 6) is 1.76. The summed E-state index contributed by atoms with van der Waals surface area (Å²) >= 11 is 0. The van der Waals surface area contributed by atoms with Gasteiger partial charge in [-0.25, -0.2) is 4.99 Å². The van der Waals surface area contributed by atoms with Gasteiger partial charge in [-0.3, -0.25) is 4.68 Å². The normalized spacial score (nSPS) is 12.7. The van der Waals surface area contributed by atoms with Crippen molar-refractivity contribution in [2.24, 2.45) is 12.0 Å². The molecule has 0 fully saturated rings. The number of guanidine groups is 1. The third-order valence-corrected chi connectivity index (χ3v) is 5.32. The number of nitrogens with zero attached hydrogens (tertiary/aromatic N) is 3. The molecular weight excluding hydrogens is 374 g/mol. The zero-order valence-corrected chi connectivity index (χ0v) is 18.5. The Bertz CT molecular complexity index is 928. The average Bonchev–Trinajstić information content (AvgIpc) is 3.39. The number of hydrogen-bond donors (Lipinski definition) is 2. The van der Waals surface area contributed by atoms with E-state index in [4.69, 9.17) is 9.41 Å². The van der Waals surface area contributed by atoms with Crippen LogP contribution in [0.2, 0.25) is 0 Å². The number of hydrogen-bond acceptors (Lipinski definition) is 3. The Labute approximate surface area is 179 Å². The summed E-state index contributed by atoms with van der Waals surface area (Å²) in [5.41, 5.74) is 4.84. The van der Waals surface area contributed by atoms with Gasteiger partial charge in [-0.15, -0.1) is 0 Å². The lowest BCUT2D eigenvalue weighted by Gasteiger charge is -2.19. The number of aliphatic imine (C=N–C) groups is 1. The number of rotatable bonds is 9. The number of aromatic nitrogens is 2. The molecule has 0 aliphatic carbocycles. The molecule has 6 nitrogen and oxygen atoms in total. The number of benzene rings is 1. The van der Waals surface area contributed by atoms with Gasteiger partial charge in [-0.05, 0) is 37.5 Å². The van der Waals surface area contributed by atoms with Gasteiger partial charge in [0.25, 0.3) is 0 Å². The van der Waals surface area contributed by atoms with Gasteiger partial charge in [-0.1, -0.05) is 44.2 Å². The second kappa shape index (κ2) is 10.7. The quantitative estimate of drug-likeness (QED) is 0.413. The molecule has 0 bridgehead atoms. The summed E-state index contributed by atoms with van der Waals surface area (Å²) < 4.78 is 7.44. The van der Waals surface area contributed by atoms with Gasteiger partial charge in [0.15, 0.2) is 5.96 Å². The molecule has 0 aliphatic heterocycles. The van der Waals surface area contributed by atoms with Crippen LogP contribution in [0.15, 0.2) is 58.1 Å². The van der Waals surface area contributed by atoms with E-state index in [1.54, 1.807) is 6.26 Å². The summed E-state index contributed by atoms with van der Waals surface area (Å²) in [7, 11) is 2.02. The molecule has 1 unspecified atom stereocenters. The zero-order chi connectivity index (χ0) is 21.3. The second-order valence-corrected chi connectivity index (χ2v) is 7.40. The summed E-state index contributed by atoms with van der Waals surface area (Å²) in [5, 5.41) is 11.7. The summed E-state index contributed by atoms with van der Waals surface area (Å²) in [6, 6.07) is 14.5. The summed E-state index contributed by atoms with van der Waals surface area (Å²) in [4.78, 5) is 4.92. The molecule has 1 atom stereocenters. The lowest BCUT2D eigenvalue weighted by molar-refractivity contribution is 0.506. The fraction of sp³-hybridized carbons (Fsp3) is 0.417. The highest BCUT2D eigenvalue weighted by Gasteiger charge is 2.14. The minimum atomic E-state index is 0.145. The smallest absolute Gasteiger partial charge is 0.192 e. The highest BCUT2D eigenvalue weighted by molar-refractivity contribution is 5.80. The van der Waals surface area contributed by atoms with Crippen molar-refractivity contribution in [2.45, 2.75) is 52.6 Å². The molecule has 2 heterocycles. The molecule has 3 rings (SSSR count). The first kappa shape index (κ1) is 21.7. The largest absolute Gasteiger partial charge is 0.469 e. The minimum Gasteiger partial charge on any atom is -0.469 e. The predicted molar refractivity (Wildman–Crippen MR) is 122 cm³/mol. The first-order valence-corrected chi connectivity index (χ1v) is 10.8. The Balaban J connectivity index is 1.75. The van der Waals surface area contributed by atoms with Crippen LogP contribution in [0.25, 0.3) is 0 Å². The van der Waals surface area contributed by atoms with Gasteiger partial charge < -0.3 is 15.1 Å². The van der Waals surface area contributed by atoms with Crippen LogP contribution in [-0.2, 0) is 32.9 Å². The fourth-order valence-electron chi connectivity index (χ4n) is 3.67. The average molecular weight is 408 g/mol. The van der Waals surface area contributed by atoms with E-state index in [1.165, 1.54) is 16.8 Å². The third kappa shape index (κ3) is 5.53. The maximum Gasteiger partial charge on any atom is 0.192 e. The maximum atomic E-state index is 5.45. The van der Waals surface area contributed by atoms with Crippen LogP contribution in [0, 0.1) is 0 Å². The van der Waals surface area contributed by atoms with Crippen LogP contribution >= 0.6 is 0 Å². The molecule has 2 N–H and O–H groups in total. The van der Waals surface area contributed by atoms with Gasteiger partial charge in [0, 0.05) is 31.3 Å².